The zero-order chi connectivity index (χ0) is 18.9. The van der Waals surface area contributed by atoms with Gasteiger partial charge >= 0.3 is 5.97 Å². The molecule has 0 aliphatic carbocycles. The summed E-state index contributed by atoms with van der Waals surface area (Å²) < 4.78 is 0. The van der Waals surface area contributed by atoms with Gasteiger partial charge in [0.05, 0.1) is 0 Å². The molecule has 0 atom stereocenters. The van der Waals surface area contributed by atoms with Crippen molar-refractivity contribution >= 4 is 17.6 Å². The largest absolute Gasteiger partial charge is 0.481 e. The Kier molecular flexibility index (Phi) is 12.8. The Morgan fingerprint density at radius 2 is 1.35 bits per heavy atom. The van der Waals surface area contributed by atoms with Crippen LogP contribution in [0.15, 0.2) is 42.5 Å². The van der Waals surface area contributed by atoms with Crippen molar-refractivity contribution in [3.63, 3.8) is 0 Å². The van der Waals surface area contributed by atoms with Crippen molar-refractivity contribution in [2.45, 2.75) is 77.0 Å². The van der Waals surface area contributed by atoms with E-state index in [9.17, 15) is 9.59 Å². The van der Waals surface area contributed by atoms with Gasteiger partial charge in [-0.2, -0.15) is 0 Å². The molecule has 0 spiro atoms. The highest BCUT2D eigenvalue weighted by molar-refractivity contribution is 5.99. The molecule has 4 heteroatoms. The molecule has 0 aliphatic heterocycles. The Bertz CT molecular complexity index is 525. The van der Waals surface area contributed by atoms with Crippen LogP contribution in [-0.2, 0) is 9.59 Å². The number of carboxylic acid groups (broad SMARTS) is 1. The normalized spacial score (nSPS) is 10.9. The second-order valence-electron chi connectivity index (χ2n) is 6.73. The minimum Gasteiger partial charge on any atom is -0.481 e. The fourth-order valence-electron chi connectivity index (χ4n) is 2.85. The number of hydrogen-bond acceptors (Lipinski definition) is 2. The van der Waals surface area contributed by atoms with E-state index in [0.29, 0.717) is 6.42 Å². The first-order chi connectivity index (χ1) is 12.7. The van der Waals surface area contributed by atoms with E-state index >= 15 is 0 Å². The number of aliphatic carboxylic acids is 1. The third kappa shape index (κ3) is 13.2. The van der Waals surface area contributed by atoms with E-state index in [4.69, 9.17) is 5.11 Å². The van der Waals surface area contributed by atoms with E-state index in [1.165, 1.54) is 38.5 Å². The highest BCUT2D eigenvalue weighted by atomic mass is 16.4. The maximum atomic E-state index is 11.7. The van der Waals surface area contributed by atoms with Crippen molar-refractivity contribution in [1.82, 2.24) is 0 Å². The van der Waals surface area contributed by atoms with Gasteiger partial charge in [0.25, 0.3) is 0 Å². The summed E-state index contributed by atoms with van der Waals surface area (Å²) in [5.41, 5.74) is 0.823. The Labute approximate surface area is 157 Å². The van der Waals surface area contributed by atoms with Gasteiger partial charge in [0.1, 0.15) is 0 Å². The molecule has 2 N–H and O–H groups in total. The number of unbranched alkanes of at least 4 members (excludes halogenated alkanes) is 10. The monoisotopic (exact) mass is 359 g/mol. The summed E-state index contributed by atoms with van der Waals surface area (Å²) >= 11 is 0. The number of carboxylic acids is 1. The van der Waals surface area contributed by atoms with Crippen molar-refractivity contribution in [3.05, 3.63) is 42.5 Å². The number of hydrogen-bond donors (Lipinski definition) is 2. The minimum atomic E-state index is -0.684. The topological polar surface area (TPSA) is 66.4 Å². The molecular weight excluding hydrogens is 326 g/mol. The number of anilines is 1. The van der Waals surface area contributed by atoms with Crippen molar-refractivity contribution in [2.24, 2.45) is 0 Å². The molecule has 1 rings (SSSR count). The zero-order valence-corrected chi connectivity index (χ0v) is 15.8. The minimum absolute atomic E-state index is 0.0699. The number of allylic oxidation sites excluding steroid dienone is 1. The lowest BCUT2D eigenvalue weighted by atomic mass is 10.1. The fraction of sp³-hybridized carbons (Fsp3) is 0.545. The van der Waals surface area contributed by atoms with Gasteiger partial charge in [0, 0.05) is 12.1 Å². The summed E-state index contributed by atoms with van der Waals surface area (Å²) in [6.07, 6.45) is 16.5. The van der Waals surface area contributed by atoms with Gasteiger partial charge in [-0.25, -0.2) is 0 Å². The Morgan fingerprint density at radius 3 is 1.92 bits per heavy atom. The number of rotatable bonds is 15. The summed E-state index contributed by atoms with van der Waals surface area (Å²) in [5.74, 6) is -0.753. The Hall–Kier alpha value is -2.10. The van der Waals surface area contributed by atoms with E-state index in [1.54, 1.807) is 6.08 Å². The number of carbonyl (C=O) groups is 2. The fourth-order valence-corrected chi connectivity index (χ4v) is 2.85. The van der Waals surface area contributed by atoms with Crippen LogP contribution in [0.5, 0.6) is 0 Å². The van der Waals surface area contributed by atoms with Crippen molar-refractivity contribution in [2.75, 3.05) is 5.32 Å². The average Bonchev–Trinajstić information content (AvgIpc) is 2.62. The van der Waals surface area contributed by atoms with Gasteiger partial charge in [0.2, 0.25) is 5.91 Å². The van der Waals surface area contributed by atoms with Gasteiger partial charge in [-0.3, -0.25) is 9.59 Å². The maximum absolute atomic E-state index is 11.7. The molecule has 0 saturated heterocycles. The molecule has 26 heavy (non-hydrogen) atoms. The molecule has 1 aromatic carbocycles. The van der Waals surface area contributed by atoms with Gasteiger partial charge in [-0.15, -0.1) is 0 Å². The van der Waals surface area contributed by atoms with Gasteiger partial charge < -0.3 is 10.4 Å². The van der Waals surface area contributed by atoms with Gasteiger partial charge in [-0.1, -0.05) is 75.6 Å². The van der Waals surface area contributed by atoms with Gasteiger partial charge in [0.15, 0.2) is 0 Å². The third-order valence-corrected chi connectivity index (χ3v) is 4.32. The summed E-state index contributed by atoms with van der Waals surface area (Å²) in [6.45, 7) is 0. The molecule has 0 radical (unpaired) electrons. The first-order valence-electron chi connectivity index (χ1n) is 9.93. The van der Waals surface area contributed by atoms with Crippen molar-refractivity contribution in [1.29, 1.82) is 0 Å². The summed E-state index contributed by atoms with van der Waals surface area (Å²) in [4.78, 5) is 22.1. The van der Waals surface area contributed by atoms with E-state index in [2.05, 4.69) is 5.32 Å². The summed E-state index contributed by atoms with van der Waals surface area (Å²) in [7, 11) is 0. The molecule has 0 unspecified atom stereocenters. The Balaban J connectivity index is 1.85. The van der Waals surface area contributed by atoms with Crippen LogP contribution >= 0.6 is 0 Å². The Morgan fingerprint density at radius 1 is 0.808 bits per heavy atom. The molecule has 0 bridgehead atoms. The highest BCUT2D eigenvalue weighted by Crippen LogP contribution is 2.12. The highest BCUT2D eigenvalue weighted by Gasteiger charge is 1.97. The first kappa shape index (κ1) is 21.9. The van der Waals surface area contributed by atoms with E-state index in [0.717, 1.165) is 37.8 Å². The van der Waals surface area contributed by atoms with Crippen LogP contribution in [0.1, 0.15) is 77.0 Å². The van der Waals surface area contributed by atoms with Crippen LogP contribution in [0.3, 0.4) is 0 Å². The second kappa shape index (κ2) is 15.2. The average molecular weight is 360 g/mol. The lowest BCUT2D eigenvalue weighted by Gasteiger charge is -2.02. The van der Waals surface area contributed by atoms with Crippen LogP contribution < -0.4 is 5.32 Å². The SMILES string of the molecule is O=C(O)CCCCCCCCCCCCC=CC(=O)Nc1ccccc1. The first-order valence-corrected chi connectivity index (χ1v) is 9.93. The maximum Gasteiger partial charge on any atom is 0.303 e. The summed E-state index contributed by atoms with van der Waals surface area (Å²) in [5, 5.41) is 11.4. The molecular formula is C22H33NO3. The predicted molar refractivity (Wildman–Crippen MR) is 107 cm³/mol. The molecule has 0 saturated carbocycles. The molecule has 0 fully saturated rings. The molecule has 0 aromatic heterocycles. The predicted octanol–water partition coefficient (Wildman–Crippen LogP) is 5.95. The second-order valence-corrected chi connectivity index (χ2v) is 6.73. The molecule has 144 valence electrons. The van der Waals surface area contributed by atoms with Crippen molar-refractivity contribution < 1.29 is 14.7 Å². The number of para-hydroxylation sites is 1. The van der Waals surface area contributed by atoms with Crippen LogP contribution in [0.25, 0.3) is 0 Å². The van der Waals surface area contributed by atoms with Crippen molar-refractivity contribution in [3.8, 4) is 0 Å². The smallest absolute Gasteiger partial charge is 0.303 e. The van der Waals surface area contributed by atoms with Crippen LogP contribution in [0.4, 0.5) is 5.69 Å². The van der Waals surface area contributed by atoms with Crippen LogP contribution in [0.2, 0.25) is 0 Å². The standard InChI is InChI=1S/C22H33NO3/c24-21(23-20-16-12-11-13-17-20)18-14-9-7-5-3-1-2-4-6-8-10-15-19-22(25)26/h11-14,16-18H,1-10,15,19H2,(H,23,24)(H,25,26). The van der Waals surface area contributed by atoms with Crippen LogP contribution in [-0.4, -0.2) is 17.0 Å². The van der Waals surface area contributed by atoms with E-state index < -0.39 is 5.97 Å². The number of benzene rings is 1. The molecule has 0 aliphatic rings. The number of nitrogens with one attached hydrogen (secondary N) is 1. The quantitative estimate of drug-likeness (QED) is 0.300. The van der Waals surface area contributed by atoms with Gasteiger partial charge in [-0.05, 0) is 37.5 Å². The number of carbonyl (C=O) groups excluding carboxylic acids is 1. The van der Waals surface area contributed by atoms with E-state index in [1.807, 2.05) is 36.4 Å². The zero-order valence-electron chi connectivity index (χ0n) is 15.8. The summed E-state index contributed by atoms with van der Waals surface area (Å²) in [6, 6.07) is 9.48. The molecule has 1 aromatic rings. The third-order valence-electron chi connectivity index (χ3n) is 4.32. The number of amides is 1. The molecule has 1 amide bonds. The lowest BCUT2D eigenvalue weighted by molar-refractivity contribution is -0.137. The molecule has 4 nitrogen and oxygen atoms in total. The lowest BCUT2D eigenvalue weighted by Crippen LogP contribution is -2.07. The molecule has 0 heterocycles. The van der Waals surface area contributed by atoms with E-state index in [-0.39, 0.29) is 5.91 Å². The van der Waals surface area contributed by atoms with Crippen LogP contribution in [0, 0.1) is 0 Å².